The zero-order valence-corrected chi connectivity index (χ0v) is 20.1. The highest BCUT2D eigenvalue weighted by Crippen LogP contribution is 2.50. The average molecular weight is 558 g/mol. The van der Waals surface area contributed by atoms with Crippen LogP contribution in [0.15, 0.2) is 72.1 Å². The Kier molecular flexibility index (Phi) is 6.15. The fraction of sp³-hybridized carbons (Fsp3) is 0.200. The van der Waals surface area contributed by atoms with Gasteiger partial charge in [-0.2, -0.15) is 31.4 Å². The lowest BCUT2D eigenvalue weighted by atomic mass is 9.85. The SMILES string of the molecule is FC(F)(F)Cn1cc(-c2ccc(C3=NOC(c4cc(Cl)cc(Cl)c4)(C(F)(F)F)C3)c3ccccc23)cn1. The third kappa shape index (κ3) is 4.75. The van der Waals surface area contributed by atoms with E-state index in [0.29, 0.717) is 27.5 Å². The molecule has 192 valence electrons. The first-order valence-electron chi connectivity index (χ1n) is 10.8. The first-order chi connectivity index (χ1) is 17.4. The Bertz CT molecular complexity index is 1510. The zero-order chi connectivity index (χ0) is 26.6. The van der Waals surface area contributed by atoms with Gasteiger partial charge in [0.05, 0.1) is 11.9 Å². The summed E-state index contributed by atoms with van der Waals surface area (Å²) in [5, 5.41) is 8.80. The van der Waals surface area contributed by atoms with Crippen LogP contribution in [0.1, 0.15) is 17.5 Å². The number of aromatic nitrogens is 2. The maximum absolute atomic E-state index is 14.4. The second kappa shape index (κ2) is 8.95. The lowest BCUT2D eigenvalue weighted by molar-refractivity contribution is -0.275. The van der Waals surface area contributed by atoms with Gasteiger partial charge in [0.25, 0.3) is 5.60 Å². The molecule has 0 N–H and O–H groups in total. The van der Waals surface area contributed by atoms with Gasteiger partial charge in [-0.05, 0) is 34.5 Å². The monoisotopic (exact) mass is 557 g/mol. The number of fused-ring (bicyclic) bond motifs is 1. The van der Waals surface area contributed by atoms with E-state index in [-0.39, 0.29) is 21.3 Å². The number of rotatable bonds is 4. The first-order valence-corrected chi connectivity index (χ1v) is 11.5. The molecule has 0 saturated carbocycles. The molecule has 0 bridgehead atoms. The van der Waals surface area contributed by atoms with Crippen molar-refractivity contribution < 1.29 is 31.2 Å². The molecule has 37 heavy (non-hydrogen) atoms. The highest BCUT2D eigenvalue weighted by molar-refractivity contribution is 6.34. The van der Waals surface area contributed by atoms with E-state index in [1.54, 1.807) is 36.4 Å². The summed E-state index contributed by atoms with van der Waals surface area (Å²) in [5.41, 5.74) is -1.65. The molecule has 0 fully saturated rings. The second-order valence-corrected chi connectivity index (χ2v) is 9.41. The van der Waals surface area contributed by atoms with Crippen LogP contribution in [-0.4, -0.2) is 27.8 Å². The summed E-state index contributed by atoms with van der Waals surface area (Å²) in [6.45, 7) is -1.25. The topological polar surface area (TPSA) is 39.4 Å². The number of alkyl halides is 6. The molecule has 0 amide bonds. The van der Waals surface area contributed by atoms with Gasteiger partial charge in [0, 0.05) is 39.4 Å². The Balaban J connectivity index is 1.56. The minimum absolute atomic E-state index is 0.0176. The molecule has 1 unspecified atom stereocenters. The number of oxime groups is 1. The third-order valence-electron chi connectivity index (χ3n) is 6.04. The van der Waals surface area contributed by atoms with Gasteiger partial charge in [-0.1, -0.05) is 64.8 Å². The average Bonchev–Trinajstić information content (AvgIpc) is 3.44. The molecule has 5 rings (SSSR count). The van der Waals surface area contributed by atoms with E-state index >= 15 is 0 Å². The molecule has 3 aromatic carbocycles. The summed E-state index contributed by atoms with van der Waals surface area (Å²) in [5.74, 6) is 0. The lowest BCUT2D eigenvalue weighted by Gasteiger charge is -2.29. The molecule has 1 aromatic heterocycles. The summed E-state index contributed by atoms with van der Waals surface area (Å²) in [7, 11) is 0. The highest BCUT2D eigenvalue weighted by Gasteiger charge is 2.62. The van der Waals surface area contributed by atoms with Gasteiger partial charge in [-0.25, -0.2) is 0 Å². The van der Waals surface area contributed by atoms with E-state index in [2.05, 4.69) is 10.3 Å². The molecule has 0 radical (unpaired) electrons. The summed E-state index contributed by atoms with van der Waals surface area (Å²) >= 11 is 11.9. The summed E-state index contributed by atoms with van der Waals surface area (Å²) in [4.78, 5) is 5.11. The number of halogens is 8. The van der Waals surface area contributed by atoms with Crippen LogP contribution >= 0.6 is 23.2 Å². The largest absolute Gasteiger partial charge is 0.435 e. The molecule has 12 heteroatoms. The first kappa shape index (κ1) is 25.4. The minimum atomic E-state index is -4.85. The van der Waals surface area contributed by atoms with Crippen LogP contribution in [0.4, 0.5) is 26.3 Å². The second-order valence-electron chi connectivity index (χ2n) is 8.54. The summed E-state index contributed by atoms with van der Waals surface area (Å²) in [6, 6.07) is 13.6. The van der Waals surface area contributed by atoms with Crippen molar-refractivity contribution in [2.75, 3.05) is 0 Å². The zero-order valence-electron chi connectivity index (χ0n) is 18.5. The van der Waals surface area contributed by atoms with Crippen molar-refractivity contribution in [3.8, 4) is 11.1 Å². The van der Waals surface area contributed by atoms with Crippen molar-refractivity contribution >= 4 is 39.7 Å². The van der Waals surface area contributed by atoms with Crippen LogP contribution < -0.4 is 0 Å². The van der Waals surface area contributed by atoms with E-state index in [0.717, 1.165) is 16.8 Å². The van der Waals surface area contributed by atoms with Crippen LogP contribution in [0, 0.1) is 0 Å². The van der Waals surface area contributed by atoms with Crippen LogP contribution in [0.3, 0.4) is 0 Å². The molecule has 2 heterocycles. The molecule has 0 saturated heterocycles. The van der Waals surface area contributed by atoms with Crippen molar-refractivity contribution in [2.24, 2.45) is 5.16 Å². The Labute approximate surface area is 216 Å². The molecule has 1 aliphatic rings. The third-order valence-corrected chi connectivity index (χ3v) is 6.47. The highest BCUT2D eigenvalue weighted by atomic mass is 35.5. The number of hydrogen-bond donors (Lipinski definition) is 0. The van der Waals surface area contributed by atoms with Gasteiger partial charge in [0.1, 0.15) is 6.54 Å². The van der Waals surface area contributed by atoms with Gasteiger partial charge in [0.15, 0.2) is 0 Å². The van der Waals surface area contributed by atoms with Crippen molar-refractivity contribution in [2.45, 2.75) is 30.9 Å². The molecule has 0 spiro atoms. The maximum atomic E-state index is 14.4. The summed E-state index contributed by atoms with van der Waals surface area (Å²) < 4.78 is 82.3. The van der Waals surface area contributed by atoms with Gasteiger partial charge >= 0.3 is 12.4 Å². The number of nitrogens with zero attached hydrogens (tertiary/aromatic N) is 3. The standard InChI is InChI=1S/C25H15Cl2F6N3O/c26-16-7-15(8-17(27)9-16)23(25(31,32)33)10-22(35-37-23)21-6-5-18(19-3-1-2-4-20(19)21)14-11-34-36(12-14)13-24(28,29)30/h1-9,11-12H,10,13H2. The van der Waals surface area contributed by atoms with Crippen LogP contribution in [-0.2, 0) is 17.0 Å². The predicted octanol–water partition coefficient (Wildman–Crippen LogP) is 8.15. The Hall–Kier alpha value is -3.24. The smallest absolute Gasteiger partial charge is 0.374 e. The summed E-state index contributed by atoms with van der Waals surface area (Å²) in [6.07, 6.45) is -7.35. The normalized spacial score (nSPS) is 18.2. The van der Waals surface area contributed by atoms with Gasteiger partial charge < -0.3 is 4.84 Å². The number of benzene rings is 3. The quantitative estimate of drug-likeness (QED) is 0.237. The van der Waals surface area contributed by atoms with Crippen LogP contribution in [0.25, 0.3) is 21.9 Å². The molecule has 1 atom stereocenters. The molecule has 4 aromatic rings. The van der Waals surface area contributed by atoms with E-state index < -0.39 is 30.9 Å². The van der Waals surface area contributed by atoms with E-state index in [1.807, 2.05) is 0 Å². The number of hydrogen-bond acceptors (Lipinski definition) is 3. The van der Waals surface area contributed by atoms with Crippen molar-refractivity contribution in [3.63, 3.8) is 0 Å². The molecule has 0 aliphatic carbocycles. The van der Waals surface area contributed by atoms with E-state index in [1.165, 1.54) is 18.5 Å². The van der Waals surface area contributed by atoms with Crippen LogP contribution in [0.5, 0.6) is 0 Å². The molecule has 4 nitrogen and oxygen atoms in total. The van der Waals surface area contributed by atoms with Crippen LogP contribution in [0.2, 0.25) is 10.0 Å². The minimum Gasteiger partial charge on any atom is -0.374 e. The fourth-order valence-electron chi connectivity index (χ4n) is 4.41. The molecular formula is C25H15Cl2F6N3O. The van der Waals surface area contributed by atoms with Gasteiger partial charge in [0.2, 0.25) is 0 Å². The van der Waals surface area contributed by atoms with Crippen molar-refractivity contribution in [1.82, 2.24) is 9.78 Å². The van der Waals surface area contributed by atoms with Crippen molar-refractivity contribution in [3.05, 3.63) is 88.2 Å². The Morgan fingerprint density at radius 2 is 1.51 bits per heavy atom. The predicted molar refractivity (Wildman–Crippen MR) is 128 cm³/mol. The Morgan fingerprint density at radius 3 is 2.14 bits per heavy atom. The molecular weight excluding hydrogens is 543 g/mol. The fourth-order valence-corrected chi connectivity index (χ4v) is 4.94. The van der Waals surface area contributed by atoms with E-state index in [9.17, 15) is 26.3 Å². The molecule has 1 aliphatic heterocycles. The van der Waals surface area contributed by atoms with Crippen molar-refractivity contribution in [1.29, 1.82) is 0 Å². The Morgan fingerprint density at radius 1 is 0.892 bits per heavy atom. The maximum Gasteiger partial charge on any atom is 0.435 e. The van der Waals surface area contributed by atoms with E-state index in [4.69, 9.17) is 28.0 Å². The lowest BCUT2D eigenvalue weighted by Crippen LogP contribution is -2.42. The van der Waals surface area contributed by atoms with Gasteiger partial charge in [-0.15, -0.1) is 0 Å². The van der Waals surface area contributed by atoms with Gasteiger partial charge in [-0.3, -0.25) is 4.68 Å².